The maximum Gasteiger partial charge on any atom is 0.273 e. The molecule has 0 saturated heterocycles. The fraction of sp³-hybridized carbons (Fsp3) is 0.400. The van der Waals surface area contributed by atoms with Crippen molar-refractivity contribution in [2.24, 2.45) is 0 Å². The summed E-state index contributed by atoms with van der Waals surface area (Å²) in [5, 5.41) is 19.4. The number of amides is 1. The van der Waals surface area contributed by atoms with Crippen LogP contribution < -0.4 is 5.32 Å². The van der Waals surface area contributed by atoms with Gasteiger partial charge in [0.15, 0.2) is 5.69 Å². The van der Waals surface area contributed by atoms with Gasteiger partial charge in [0.2, 0.25) is 0 Å². The van der Waals surface area contributed by atoms with E-state index in [4.69, 9.17) is 16.7 Å². The summed E-state index contributed by atoms with van der Waals surface area (Å²) in [7, 11) is 0. The summed E-state index contributed by atoms with van der Waals surface area (Å²) < 4.78 is 14.7. The van der Waals surface area contributed by atoms with Crippen molar-refractivity contribution in [3.8, 4) is 5.69 Å². The Morgan fingerprint density at radius 1 is 1.52 bits per heavy atom. The van der Waals surface area contributed by atoms with Crippen LogP contribution in [0.15, 0.2) is 18.2 Å². The van der Waals surface area contributed by atoms with Crippen molar-refractivity contribution in [2.75, 3.05) is 6.61 Å². The lowest BCUT2D eigenvalue weighted by molar-refractivity contribution is 0.0930. The normalized spacial score (nSPS) is 12.2. The van der Waals surface area contributed by atoms with Crippen LogP contribution in [-0.2, 0) is 0 Å². The van der Waals surface area contributed by atoms with Gasteiger partial charge in [0.25, 0.3) is 5.91 Å². The van der Waals surface area contributed by atoms with Crippen LogP contribution in [-0.4, -0.2) is 38.7 Å². The van der Waals surface area contributed by atoms with Crippen LogP contribution in [0.3, 0.4) is 0 Å². The third-order valence-corrected chi connectivity index (χ3v) is 3.72. The molecule has 0 bridgehead atoms. The Morgan fingerprint density at radius 2 is 2.26 bits per heavy atom. The molecule has 1 aromatic carbocycles. The van der Waals surface area contributed by atoms with Crippen molar-refractivity contribution in [1.29, 1.82) is 0 Å². The van der Waals surface area contributed by atoms with Gasteiger partial charge in [0.05, 0.1) is 16.4 Å². The predicted octanol–water partition coefficient (Wildman–Crippen LogP) is 2.26. The number of hydrogen-bond acceptors (Lipinski definition) is 4. The molecule has 0 aliphatic rings. The minimum atomic E-state index is -0.524. The van der Waals surface area contributed by atoms with Gasteiger partial charge in [0.1, 0.15) is 5.82 Å². The maximum absolute atomic E-state index is 13.2. The maximum atomic E-state index is 13.2. The molecule has 1 heterocycles. The van der Waals surface area contributed by atoms with Crippen molar-refractivity contribution in [3.05, 3.63) is 40.4 Å². The van der Waals surface area contributed by atoms with Crippen molar-refractivity contribution in [1.82, 2.24) is 20.3 Å². The number of aliphatic hydroxyl groups is 1. The zero-order chi connectivity index (χ0) is 17.0. The number of carbonyl (C=O) groups excluding carboxylic acids is 1. The average Bonchev–Trinajstić information content (AvgIpc) is 2.89. The van der Waals surface area contributed by atoms with E-state index in [-0.39, 0.29) is 29.3 Å². The van der Waals surface area contributed by atoms with Crippen LogP contribution in [0.5, 0.6) is 0 Å². The van der Waals surface area contributed by atoms with Gasteiger partial charge in [-0.3, -0.25) is 4.79 Å². The van der Waals surface area contributed by atoms with E-state index in [2.05, 4.69) is 15.6 Å². The fourth-order valence-electron chi connectivity index (χ4n) is 2.16. The van der Waals surface area contributed by atoms with Crippen LogP contribution in [0, 0.1) is 12.7 Å². The number of halogens is 2. The molecule has 0 spiro atoms. The first-order valence-corrected chi connectivity index (χ1v) is 7.61. The molecule has 1 atom stereocenters. The first-order valence-electron chi connectivity index (χ1n) is 7.23. The molecule has 124 valence electrons. The molecular weight excluding hydrogens is 323 g/mol. The molecule has 1 amide bonds. The lowest BCUT2D eigenvalue weighted by atomic mass is 10.2. The summed E-state index contributed by atoms with van der Waals surface area (Å²) in [6, 6.07) is 4.08. The predicted molar refractivity (Wildman–Crippen MR) is 84.3 cm³/mol. The number of aliphatic hydroxyl groups excluding tert-OH is 1. The number of hydrogen-bond donors (Lipinski definition) is 2. The van der Waals surface area contributed by atoms with E-state index >= 15 is 0 Å². The number of rotatable bonds is 6. The van der Waals surface area contributed by atoms with Gasteiger partial charge in [-0.25, -0.2) is 9.07 Å². The van der Waals surface area contributed by atoms with Gasteiger partial charge in [0, 0.05) is 12.6 Å². The van der Waals surface area contributed by atoms with Crippen molar-refractivity contribution < 1.29 is 14.3 Å². The molecule has 2 N–H and O–H groups in total. The van der Waals surface area contributed by atoms with E-state index in [0.717, 1.165) is 0 Å². The Bertz CT molecular complexity index is 705. The number of aromatic nitrogens is 3. The Hall–Kier alpha value is -1.99. The Labute approximate surface area is 138 Å². The van der Waals surface area contributed by atoms with Crippen molar-refractivity contribution in [3.63, 3.8) is 0 Å². The summed E-state index contributed by atoms with van der Waals surface area (Å²) in [4.78, 5) is 12.2. The van der Waals surface area contributed by atoms with E-state index in [9.17, 15) is 9.18 Å². The van der Waals surface area contributed by atoms with Crippen LogP contribution in [0.25, 0.3) is 5.69 Å². The number of benzene rings is 1. The smallest absolute Gasteiger partial charge is 0.273 e. The van der Waals surface area contributed by atoms with E-state index < -0.39 is 5.82 Å². The Morgan fingerprint density at radius 3 is 2.91 bits per heavy atom. The topological polar surface area (TPSA) is 80.0 Å². The summed E-state index contributed by atoms with van der Waals surface area (Å²) in [6.45, 7) is 3.64. The molecule has 0 fully saturated rings. The molecular formula is C15H18ClFN4O2. The number of nitrogens with zero attached hydrogens (tertiary/aromatic N) is 3. The molecule has 0 aliphatic heterocycles. The van der Waals surface area contributed by atoms with Gasteiger partial charge in [-0.1, -0.05) is 16.8 Å². The second kappa shape index (κ2) is 7.52. The van der Waals surface area contributed by atoms with Gasteiger partial charge in [-0.2, -0.15) is 0 Å². The molecule has 6 nitrogen and oxygen atoms in total. The molecule has 0 radical (unpaired) electrons. The zero-order valence-electron chi connectivity index (χ0n) is 12.9. The molecule has 23 heavy (non-hydrogen) atoms. The second-order valence-corrected chi connectivity index (χ2v) is 5.68. The van der Waals surface area contributed by atoms with Crippen LogP contribution in [0.4, 0.5) is 4.39 Å². The molecule has 2 aromatic rings. The summed E-state index contributed by atoms with van der Waals surface area (Å²) in [6.07, 6.45) is 1.28. The standard InChI is InChI=1S/C15H18ClFN4O2/c1-9(4-3-7-22)18-15(23)14-10(2)21(20-19-14)11-5-6-13(17)12(16)8-11/h5-6,8-9,22H,3-4,7H2,1-2H3,(H,18,23). The van der Waals surface area contributed by atoms with E-state index in [1.54, 1.807) is 6.92 Å². The highest BCUT2D eigenvalue weighted by atomic mass is 35.5. The SMILES string of the molecule is Cc1c(C(=O)NC(C)CCCO)nnn1-c1ccc(F)c(Cl)c1. The number of carbonyl (C=O) groups is 1. The largest absolute Gasteiger partial charge is 0.396 e. The summed E-state index contributed by atoms with van der Waals surface area (Å²) in [5.74, 6) is -0.865. The molecule has 8 heteroatoms. The highest BCUT2D eigenvalue weighted by Gasteiger charge is 2.19. The van der Waals surface area contributed by atoms with Crippen LogP contribution >= 0.6 is 11.6 Å². The van der Waals surface area contributed by atoms with Gasteiger partial charge in [-0.15, -0.1) is 5.10 Å². The third kappa shape index (κ3) is 4.05. The second-order valence-electron chi connectivity index (χ2n) is 5.27. The average molecular weight is 341 g/mol. The van der Waals surface area contributed by atoms with Gasteiger partial charge >= 0.3 is 0 Å². The van der Waals surface area contributed by atoms with Crippen LogP contribution in [0.1, 0.15) is 35.9 Å². The minimum absolute atomic E-state index is 0.0268. The van der Waals surface area contributed by atoms with Gasteiger partial charge in [-0.05, 0) is 44.9 Å². The molecule has 1 aromatic heterocycles. The fourth-order valence-corrected chi connectivity index (χ4v) is 2.34. The first kappa shape index (κ1) is 17.4. The summed E-state index contributed by atoms with van der Waals surface area (Å²) in [5.41, 5.74) is 1.25. The highest BCUT2D eigenvalue weighted by molar-refractivity contribution is 6.30. The Balaban J connectivity index is 2.18. The molecule has 1 unspecified atom stereocenters. The Kier molecular flexibility index (Phi) is 5.68. The van der Waals surface area contributed by atoms with E-state index in [0.29, 0.717) is 24.2 Å². The van der Waals surface area contributed by atoms with Crippen LogP contribution in [0.2, 0.25) is 5.02 Å². The first-order chi connectivity index (χ1) is 10.9. The molecule has 2 rings (SSSR count). The quantitative estimate of drug-likeness (QED) is 0.845. The van der Waals surface area contributed by atoms with E-state index in [1.807, 2.05) is 6.92 Å². The monoisotopic (exact) mass is 340 g/mol. The lowest BCUT2D eigenvalue weighted by Crippen LogP contribution is -2.33. The molecule has 0 saturated carbocycles. The number of nitrogens with one attached hydrogen (secondary N) is 1. The molecule has 0 aliphatic carbocycles. The van der Waals surface area contributed by atoms with Crippen molar-refractivity contribution in [2.45, 2.75) is 32.7 Å². The van der Waals surface area contributed by atoms with E-state index in [1.165, 1.54) is 22.9 Å². The summed E-state index contributed by atoms with van der Waals surface area (Å²) >= 11 is 5.77. The zero-order valence-corrected chi connectivity index (χ0v) is 13.6. The third-order valence-electron chi connectivity index (χ3n) is 3.43. The van der Waals surface area contributed by atoms with Gasteiger partial charge < -0.3 is 10.4 Å². The van der Waals surface area contributed by atoms with Crippen molar-refractivity contribution >= 4 is 17.5 Å². The minimum Gasteiger partial charge on any atom is -0.396 e. The highest BCUT2D eigenvalue weighted by Crippen LogP contribution is 2.20. The lowest BCUT2D eigenvalue weighted by Gasteiger charge is -2.12.